The quantitative estimate of drug-likeness (QED) is 0.407. The Kier molecular flexibility index (Phi) is 8.48. The van der Waals surface area contributed by atoms with Gasteiger partial charge >= 0.3 is 0 Å². The van der Waals surface area contributed by atoms with Gasteiger partial charge in [0.05, 0.1) is 12.6 Å². The molecule has 0 aliphatic carbocycles. The van der Waals surface area contributed by atoms with Crippen LogP contribution < -0.4 is 16.0 Å². The number of amides is 1. The number of halogens is 1. The molecule has 0 aliphatic heterocycles. The van der Waals surface area contributed by atoms with Crippen molar-refractivity contribution in [1.29, 1.82) is 0 Å². The molecule has 0 fully saturated rings. The molecule has 1 atom stereocenters. The van der Waals surface area contributed by atoms with Gasteiger partial charge in [0.15, 0.2) is 5.96 Å². The maximum atomic E-state index is 11.5. The van der Waals surface area contributed by atoms with E-state index in [9.17, 15) is 4.79 Å². The molecule has 0 heterocycles. The Balaban J connectivity index is 2.56. The number of benzene rings is 1. The number of aliphatic imine (C=N–C) groups is 1. The highest BCUT2D eigenvalue weighted by molar-refractivity contribution is 6.30. The number of hydrogen-bond donors (Lipinski definition) is 3. The van der Waals surface area contributed by atoms with Crippen LogP contribution in [0.15, 0.2) is 29.3 Å². The van der Waals surface area contributed by atoms with Gasteiger partial charge in [0, 0.05) is 24.0 Å². The Morgan fingerprint density at radius 3 is 2.61 bits per heavy atom. The van der Waals surface area contributed by atoms with E-state index in [0.717, 1.165) is 23.1 Å². The first-order chi connectivity index (χ1) is 10.9. The number of guanidine groups is 1. The smallest absolute Gasteiger partial charge is 0.222 e. The Morgan fingerprint density at radius 2 is 2.00 bits per heavy atom. The molecule has 1 aromatic rings. The fourth-order valence-electron chi connectivity index (χ4n) is 1.94. The van der Waals surface area contributed by atoms with Crippen LogP contribution in [0.5, 0.6) is 0 Å². The third-order valence-corrected chi connectivity index (χ3v) is 3.49. The summed E-state index contributed by atoms with van der Waals surface area (Å²) in [6, 6.07) is 7.83. The van der Waals surface area contributed by atoms with Crippen molar-refractivity contribution < 1.29 is 4.79 Å². The molecular weight excluding hydrogens is 312 g/mol. The molecule has 0 spiro atoms. The van der Waals surface area contributed by atoms with Crippen LogP contribution in [0.1, 0.15) is 39.3 Å². The second-order valence-corrected chi connectivity index (χ2v) is 6.06. The van der Waals surface area contributed by atoms with Crippen LogP contribution in [0.4, 0.5) is 0 Å². The van der Waals surface area contributed by atoms with E-state index in [2.05, 4.69) is 27.9 Å². The molecule has 0 aromatic heterocycles. The summed E-state index contributed by atoms with van der Waals surface area (Å²) in [5.41, 5.74) is 1.09. The van der Waals surface area contributed by atoms with E-state index in [1.807, 2.05) is 45.0 Å². The van der Waals surface area contributed by atoms with Crippen molar-refractivity contribution >= 4 is 23.5 Å². The first-order valence-corrected chi connectivity index (χ1v) is 8.39. The molecule has 0 bridgehead atoms. The van der Waals surface area contributed by atoms with Crippen LogP contribution >= 0.6 is 11.6 Å². The molecule has 1 aromatic carbocycles. The van der Waals surface area contributed by atoms with Gasteiger partial charge in [-0.25, -0.2) is 0 Å². The van der Waals surface area contributed by atoms with Crippen molar-refractivity contribution in [3.05, 3.63) is 34.9 Å². The zero-order valence-corrected chi connectivity index (χ0v) is 15.1. The number of nitrogens with one attached hydrogen (secondary N) is 3. The molecule has 0 radical (unpaired) electrons. The number of nitrogens with zero attached hydrogens (tertiary/aromatic N) is 1. The predicted octanol–water partition coefficient (Wildman–Crippen LogP) is 2.73. The Hall–Kier alpha value is -1.75. The Morgan fingerprint density at radius 1 is 1.26 bits per heavy atom. The summed E-state index contributed by atoms with van der Waals surface area (Å²) >= 11 is 6.03. The normalized spacial score (nSPS) is 12.9. The van der Waals surface area contributed by atoms with Gasteiger partial charge < -0.3 is 16.0 Å². The van der Waals surface area contributed by atoms with E-state index in [-0.39, 0.29) is 17.9 Å². The third-order valence-electron chi connectivity index (χ3n) is 3.25. The van der Waals surface area contributed by atoms with E-state index in [1.54, 1.807) is 0 Å². The van der Waals surface area contributed by atoms with Crippen molar-refractivity contribution in [3.63, 3.8) is 0 Å². The lowest BCUT2D eigenvalue weighted by Crippen LogP contribution is -2.39. The van der Waals surface area contributed by atoms with Gasteiger partial charge in [-0.1, -0.05) is 37.6 Å². The van der Waals surface area contributed by atoms with Crippen molar-refractivity contribution in [2.24, 2.45) is 10.9 Å². The molecule has 1 amide bonds. The van der Waals surface area contributed by atoms with E-state index in [4.69, 9.17) is 11.6 Å². The molecule has 3 N–H and O–H groups in total. The van der Waals surface area contributed by atoms with Gasteiger partial charge in [-0.05, 0) is 31.5 Å². The van der Waals surface area contributed by atoms with E-state index in [0.29, 0.717) is 13.1 Å². The molecule has 23 heavy (non-hydrogen) atoms. The van der Waals surface area contributed by atoms with E-state index >= 15 is 0 Å². The van der Waals surface area contributed by atoms with E-state index < -0.39 is 0 Å². The first kappa shape index (κ1) is 19.3. The summed E-state index contributed by atoms with van der Waals surface area (Å²) in [6.07, 6.45) is 0. The zero-order valence-electron chi connectivity index (χ0n) is 14.3. The second-order valence-electron chi connectivity index (χ2n) is 5.63. The van der Waals surface area contributed by atoms with Gasteiger partial charge in [-0.3, -0.25) is 9.79 Å². The van der Waals surface area contributed by atoms with E-state index in [1.165, 1.54) is 0 Å². The molecule has 0 saturated heterocycles. The molecule has 1 unspecified atom stereocenters. The Labute approximate surface area is 143 Å². The monoisotopic (exact) mass is 338 g/mol. The fourth-order valence-corrected chi connectivity index (χ4v) is 2.13. The Bertz CT molecular complexity index is 531. The summed E-state index contributed by atoms with van der Waals surface area (Å²) in [7, 11) is 0. The van der Waals surface area contributed by atoms with Crippen LogP contribution in [-0.2, 0) is 4.79 Å². The predicted molar refractivity (Wildman–Crippen MR) is 96.8 cm³/mol. The minimum absolute atomic E-state index is 0.00630. The van der Waals surface area contributed by atoms with Crippen molar-refractivity contribution in [2.75, 3.05) is 19.6 Å². The largest absolute Gasteiger partial charge is 0.357 e. The summed E-state index contributed by atoms with van der Waals surface area (Å²) in [6.45, 7) is 9.64. The van der Waals surface area contributed by atoms with Gasteiger partial charge in [-0.15, -0.1) is 0 Å². The van der Waals surface area contributed by atoms with Crippen molar-refractivity contribution in [2.45, 2.75) is 33.7 Å². The molecule has 6 heteroatoms. The SMILES string of the molecule is CCNC(=NCCNC(=O)C(C)C)NC(C)c1cccc(Cl)c1. The van der Waals surface area contributed by atoms with Gasteiger partial charge in [0.2, 0.25) is 5.91 Å². The lowest BCUT2D eigenvalue weighted by atomic mass is 10.1. The highest BCUT2D eigenvalue weighted by atomic mass is 35.5. The standard InChI is InChI=1S/C17H27ClN4O/c1-5-19-17(21-10-9-20-16(23)12(2)3)22-13(4)14-7-6-8-15(18)11-14/h6-8,11-13H,5,9-10H2,1-4H3,(H,20,23)(H2,19,21,22). The lowest BCUT2D eigenvalue weighted by molar-refractivity contribution is -0.123. The molecule has 128 valence electrons. The molecule has 0 aliphatic rings. The van der Waals surface area contributed by atoms with Crippen molar-refractivity contribution in [3.8, 4) is 0 Å². The van der Waals surface area contributed by atoms with Gasteiger partial charge in [0.25, 0.3) is 0 Å². The number of carbonyl (C=O) groups is 1. The maximum Gasteiger partial charge on any atom is 0.222 e. The topological polar surface area (TPSA) is 65.5 Å². The zero-order chi connectivity index (χ0) is 17.2. The van der Waals surface area contributed by atoms with Crippen LogP contribution in [-0.4, -0.2) is 31.5 Å². The highest BCUT2D eigenvalue weighted by Crippen LogP contribution is 2.17. The molecule has 5 nitrogen and oxygen atoms in total. The third kappa shape index (κ3) is 7.37. The lowest BCUT2D eigenvalue weighted by Gasteiger charge is -2.18. The molecule has 0 saturated carbocycles. The summed E-state index contributed by atoms with van der Waals surface area (Å²) in [5, 5.41) is 10.1. The fraction of sp³-hybridized carbons (Fsp3) is 0.529. The number of hydrogen-bond acceptors (Lipinski definition) is 2. The minimum atomic E-state index is -0.00630. The van der Waals surface area contributed by atoms with Crippen LogP contribution in [0, 0.1) is 5.92 Å². The average molecular weight is 339 g/mol. The van der Waals surface area contributed by atoms with Crippen LogP contribution in [0.3, 0.4) is 0 Å². The second kappa shape index (κ2) is 10.1. The maximum absolute atomic E-state index is 11.5. The highest BCUT2D eigenvalue weighted by Gasteiger charge is 2.08. The first-order valence-electron chi connectivity index (χ1n) is 8.02. The summed E-state index contributed by atoms with van der Waals surface area (Å²) in [4.78, 5) is 16.0. The average Bonchev–Trinajstić information content (AvgIpc) is 2.51. The van der Waals surface area contributed by atoms with Gasteiger partial charge in [0.1, 0.15) is 0 Å². The number of rotatable bonds is 7. The summed E-state index contributed by atoms with van der Waals surface area (Å²) in [5.74, 6) is 0.761. The van der Waals surface area contributed by atoms with Gasteiger partial charge in [-0.2, -0.15) is 0 Å². The minimum Gasteiger partial charge on any atom is -0.357 e. The van der Waals surface area contributed by atoms with Crippen molar-refractivity contribution in [1.82, 2.24) is 16.0 Å². The van der Waals surface area contributed by atoms with Crippen LogP contribution in [0.25, 0.3) is 0 Å². The van der Waals surface area contributed by atoms with Crippen LogP contribution in [0.2, 0.25) is 5.02 Å². The molecular formula is C17H27ClN4O. The molecule has 1 rings (SSSR count). The number of carbonyl (C=O) groups excluding carboxylic acids is 1. The summed E-state index contributed by atoms with van der Waals surface area (Å²) < 4.78 is 0.